The van der Waals surface area contributed by atoms with Gasteiger partial charge in [-0.15, -0.1) is 0 Å². The van der Waals surface area contributed by atoms with Crippen LogP contribution in [0.3, 0.4) is 0 Å². The smallest absolute Gasteiger partial charge is 0.262 e. The van der Waals surface area contributed by atoms with Crippen molar-refractivity contribution >= 4 is 28.7 Å². The maximum absolute atomic E-state index is 12.2. The Bertz CT molecular complexity index is 962. The first-order valence-electron chi connectivity index (χ1n) is 8.13. The lowest BCUT2D eigenvalue weighted by molar-refractivity contribution is -0.118. The van der Waals surface area contributed by atoms with Crippen LogP contribution in [0.25, 0.3) is 16.7 Å². The highest BCUT2D eigenvalue weighted by molar-refractivity contribution is 7.99. The third-order valence-electron chi connectivity index (χ3n) is 4.04. The number of para-hydroxylation sites is 1. The van der Waals surface area contributed by atoms with Gasteiger partial charge >= 0.3 is 0 Å². The van der Waals surface area contributed by atoms with Crippen molar-refractivity contribution in [2.45, 2.75) is 18.0 Å². The van der Waals surface area contributed by atoms with E-state index < -0.39 is 0 Å². The van der Waals surface area contributed by atoms with Crippen LogP contribution in [0.4, 0.5) is 0 Å². The minimum Gasteiger partial charge on any atom is -0.355 e. The van der Waals surface area contributed by atoms with E-state index in [9.17, 15) is 9.59 Å². The van der Waals surface area contributed by atoms with Crippen molar-refractivity contribution in [3.63, 3.8) is 0 Å². The Morgan fingerprint density at radius 2 is 2.12 bits per heavy atom. The SMILES string of the molecule is O=C(CSc1nc2c(cnn2-c2ccccc2)c(=O)[nH]1)NCC1CC1. The highest BCUT2D eigenvalue weighted by atomic mass is 32.2. The Morgan fingerprint density at radius 1 is 1.32 bits per heavy atom. The molecule has 2 N–H and O–H groups in total. The molecule has 3 aromatic rings. The lowest BCUT2D eigenvalue weighted by atomic mass is 10.3. The van der Waals surface area contributed by atoms with Crippen LogP contribution in [-0.2, 0) is 4.79 Å². The largest absolute Gasteiger partial charge is 0.355 e. The first-order valence-corrected chi connectivity index (χ1v) is 9.12. The fourth-order valence-electron chi connectivity index (χ4n) is 2.49. The minimum absolute atomic E-state index is 0.0452. The third-order valence-corrected chi connectivity index (χ3v) is 4.92. The molecular weight excluding hydrogens is 338 g/mol. The molecule has 0 atom stereocenters. The zero-order valence-corrected chi connectivity index (χ0v) is 14.3. The summed E-state index contributed by atoms with van der Waals surface area (Å²) < 4.78 is 1.63. The summed E-state index contributed by atoms with van der Waals surface area (Å²) in [5, 5.41) is 8.00. The fourth-order valence-corrected chi connectivity index (χ4v) is 3.18. The number of aromatic amines is 1. The Kier molecular flexibility index (Phi) is 4.27. The minimum atomic E-state index is -0.256. The van der Waals surface area contributed by atoms with Crippen LogP contribution in [0.2, 0.25) is 0 Å². The summed E-state index contributed by atoms with van der Waals surface area (Å²) in [6.45, 7) is 0.739. The number of nitrogens with one attached hydrogen (secondary N) is 2. The highest BCUT2D eigenvalue weighted by Gasteiger charge is 2.21. The molecule has 2 aromatic heterocycles. The van der Waals surface area contributed by atoms with Crippen LogP contribution >= 0.6 is 11.8 Å². The van der Waals surface area contributed by atoms with E-state index in [4.69, 9.17) is 0 Å². The van der Waals surface area contributed by atoms with E-state index in [1.54, 1.807) is 4.68 Å². The molecule has 1 amide bonds. The topological polar surface area (TPSA) is 92.7 Å². The van der Waals surface area contributed by atoms with Crippen LogP contribution < -0.4 is 10.9 Å². The number of rotatable bonds is 6. The number of hydrogen-bond donors (Lipinski definition) is 2. The first-order chi connectivity index (χ1) is 12.2. The van der Waals surface area contributed by atoms with Gasteiger partial charge in [0.25, 0.3) is 5.56 Å². The molecule has 2 heterocycles. The van der Waals surface area contributed by atoms with Crippen molar-refractivity contribution < 1.29 is 4.79 Å². The quantitative estimate of drug-likeness (QED) is 0.519. The van der Waals surface area contributed by atoms with E-state index >= 15 is 0 Å². The number of carbonyl (C=O) groups excluding carboxylic acids is 1. The molecule has 1 fully saturated rings. The molecule has 128 valence electrons. The molecule has 0 aliphatic heterocycles. The average Bonchev–Trinajstić information content (AvgIpc) is 3.36. The molecule has 1 aliphatic rings. The van der Waals surface area contributed by atoms with Gasteiger partial charge in [0.1, 0.15) is 5.39 Å². The number of benzene rings is 1. The van der Waals surface area contributed by atoms with Crippen LogP contribution in [0.5, 0.6) is 0 Å². The average molecular weight is 355 g/mol. The van der Waals surface area contributed by atoms with Gasteiger partial charge in [0.05, 0.1) is 17.6 Å². The van der Waals surface area contributed by atoms with Gasteiger partial charge in [-0.05, 0) is 30.9 Å². The van der Waals surface area contributed by atoms with Crippen molar-refractivity contribution in [1.82, 2.24) is 25.1 Å². The number of thioether (sulfide) groups is 1. The van der Waals surface area contributed by atoms with Crippen LogP contribution in [0.1, 0.15) is 12.8 Å². The maximum Gasteiger partial charge on any atom is 0.262 e. The summed E-state index contributed by atoms with van der Waals surface area (Å²) in [7, 11) is 0. The molecule has 4 rings (SSSR count). The fraction of sp³-hybridized carbons (Fsp3) is 0.294. The molecule has 0 radical (unpaired) electrons. The number of fused-ring (bicyclic) bond motifs is 1. The monoisotopic (exact) mass is 355 g/mol. The molecule has 0 bridgehead atoms. The van der Waals surface area contributed by atoms with Crippen molar-refractivity contribution in [2.24, 2.45) is 5.92 Å². The third kappa shape index (κ3) is 3.58. The van der Waals surface area contributed by atoms with Gasteiger partial charge < -0.3 is 10.3 Å². The lowest BCUT2D eigenvalue weighted by Crippen LogP contribution is -2.27. The normalized spacial score (nSPS) is 13.9. The van der Waals surface area contributed by atoms with E-state index in [2.05, 4.69) is 20.4 Å². The molecule has 0 spiro atoms. The Balaban J connectivity index is 1.55. The standard InChI is InChI=1S/C17H17N5O2S/c23-14(18-8-11-6-7-11)10-25-17-20-15-13(16(24)21-17)9-19-22(15)12-4-2-1-3-5-12/h1-5,9,11H,6-8,10H2,(H,18,23)(H,20,21,24). The molecule has 7 nitrogen and oxygen atoms in total. The zero-order chi connectivity index (χ0) is 17.2. The predicted octanol–water partition coefficient (Wildman–Crippen LogP) is 1.73. The first kappa shape index (κ1) is 15.9. The summed E-state index contributed by atoms with van der Waals surface area (Å²) in [4.78, 5) is 31.3. The molecular formula is C17H17N5O2S. The van der Waals surface area contributed by atoms with Crippen molar-refractivity contribution in [3.8, 4) is 5.69 Å². The number of aromatic nitrogens is 4. The summed E-state index contributed by atoms with van der Waals surface area (Å²) in [5.74, 6) is 0.820. The zero-order valence-electron chi connectivity index (χ0n) is 13.4. The van der Waals surface area contributed by atoms with Crippen molar-refractivity contribution in [2.75, 3.05) is 12.3 Å². The van der Waals surface area contributed by atoms with Crippen LogP contribution in [-0.4, -0.2) is 38.0 Å². The second-order valence-corrected chi connectivity index (χ2v) is 7.00. The number of amides is 1. The predicted molar refractivity (Wildman–Crippen MR) is 95.9 cm³/mol. The Morgan fingerprint density at radius 3 is 2.88 bits per heavy atom. The van der Waals surface area contributed by atoms with Gasteiger partial charge in [-0.3, -0.25) is 9.59 Å². The summed E-state index contributed by atoms with van der Waals surface area (Å²) in [6.07, 6.45) is 3.90. The lowest BCUT2D eigenvalue weighted by Gasteiger charge is -2.05. The van der Waals surface area contributed by atoms with Crippen molar-refractivity contribution in [3.05, 3.63) is 46.9 Å². The number of carbonyl (C=O) groups is 1. The van der Waals surface area contributed by atoms with Gasteiger partial charge in [0.2, 0.25) is 5.91 Å². The Labute approximate surface area is 147 Å². The molecule has 25 heavy (non-hydrogen) atoms. The number of nitrogens with zero attached hydrogens (tertiary/aromatic N) is 3. The summed E-state index contributed by atoms with van der Waals surface area (Å²) >= 11 is 1.22. The highest BCUT2D eigenvalue weighted by Crippen LogP contribution is 2.27. The number of hydrogen-bond acceptors (Lipinski definition) is 5. The van der Waals surface area contributed by atoms with E-state index in [1.165, 1.54) is 30.8 Å². The summed E-state index contributed by atoms with van der Waals surface area (Å²) in [6, 6.07) is 9.50. The molecule has 0 unspecified atom stereocenters. The second kappa shape index (κ2) is 6.72. The van der Waals surface area contributed by atoms with Crippen molar-refractivity contribution in [1.29, 1.82) is 0 Å². The number of H-pyrrole nitrogens is 1. The maximum atomic E-state index is 12.2. The van der Waals surface area contributed by atoms with Crippen LogP contribution in [0, 0.1) is 5.92 Å². The summed E-state index contributed by atoms with van der Waals surface area (Å²) in [5.41, 5.74) is 1.05. The van der Waals surface area contributed by atoms with Crippen LogP contribution in [0.15, 0.2) is 46.5 Å². The van der Waals surface area contributed by atoms with E-state index in [-0.39, 0.29) is 17.2 Å². The molecule has 8 heteroatoms. The van der Waals surface area contributed by atoms with E-state index in [1.807, 2.05) is 30.3 Å². The van der Waals surface area contributed by atoms with E-state index in [0.717, 1.165) is 12.2 Å². The molecule has 1 saturated carbocycles. The van der Waals surface area contributed by atoms with Gasteiger partial charge in [0.15, 0.2) is 10.8 Å². The van der Waals surface area contributed by atoms with Gasteiger partial charge in [-0.2, -0.15) is 5.10 Å². The van der Waals surface area contributed by atoms with Gasteiger partial charge in [0, 0.05) is 6.54 Å². The Hall–Kier alpha value is -2.61. The second-order valence-electron chi connectivity index (χ2n) is 6.04. The van der Waals surface area contributed by atoms with Gasteiger partial charge in [-0.25, -0.2) is 9.67 Å². The molecule has 0 saturated heterocycles. The molecule has 1 aliphatic carbocycles. The van der Waals surface area contributed by atoms with E-state index in [0.29, 0.717) is 22.1 Å². The molecule has 1 aromatic carbocycles. The van der Waals surface area contributed by atoms with Gasteiger partial charge in [-0.1, -0.05) is 30.0 Å².